The Morgan fingerprint density at radius 1 is 1.04 bits per heavy atom. The van der Waals surface area contributed by atoms with Gasteiger partial charge in [-0.1, -0.05) is 48.5 Å². The number of hydrogen-bond acceptors (Lipinski definition) is 3. The Morgan fingerprint density at radius 3 is 2.74 bits per heavy atom. The van der Waals surface area contributed by atoms with Gasteiger partial charge in [0.1, 0.15) is 5.82 Å². The number of aromatic nitrogens is 2. The number of aromatic carboxylic acids is 1. The number of rotatable bonds is 3. The van der Waals surface area contributed by atoms with Crippen molar-refractivity contribution in [2.75, 3.05) is 11.9 Å². The van der Waals surface area contributed by atoms with Crippen molar-refractivity contribution in [3.63, 3.8) is 0 Å². The van der Waals surface area contributed by atoms with Crippen LogP contribution in [-0.4, -0.2) is 27.4 Å². The van der Waals surface area contributed by atoms with E-state index in [2.05, 4.69) is 35.6 Å². The highest BCUT2D eigenvalue weighted by atomic mass is 16.4. The number of carboxylic acid groups (broad SMARTS) is 1. The third kappa shape index (κ3) is 2.47. The van der Waals surface area contributed by atoms with Gasteiger partial charge in [0, 0.05) is 17.7 Å². The lowest BCUT2D eigenvalue weighted by atomic mass is 9.99. The SMILES string of the molecule is O=C(O)c1cccc(-n2nc(-c3cccc4ccccc34)c3c2NCC3)c1. The lowest BCUT2D eigenvalue weighted by molar-refractivity contribution is 0.0697. The average molecular weight is 355 g/mol. The summed E-state index contributed by atoms with van der Waals surface area (Å²) in [6.45, 7) is 0.851. The molecule has 5 heteroatoms. The Bertz CT molecular complexity index is 1190. The molecule has 4 aromatic rings. The van der Waals surface area contributed by atoms with Crippen LogP contribution in [0.2, 0.25) is 0 Å². The second kappa shape index (κ2) is 5.99. The van der Waals surface area contributed by atoms with E-state index in [1.54, 1.807) is 18.2 Å². The van der Waals surface area contributed by atoms with Crippen molar-refractivity contribution in [1.29, 1.82) is 0 Å². The number of carboxylic acids is 1. The third-order valence-corrected chi connectivity index (χ3v) is 5.03. The molecule has 3 aromatic carbocycles. The van der Waals surface area contributed by atoms with Crippen molar-refractivity contribution < 1.29 is 9.90 Å². The summed E-state index contributed by atoms with van der Waals surface area (Å²) >= 11 is 0. The lowest BCUT2D eigenvalue weighted by Crippen LogP contribution is -2.05. The van der Waals surface area contributed by atoms with E-state index in [9.17, 15) is 9.90 Å². The highest BCUT2D eigenvalue weighted by Crippen LogP contribution is 2.37. The maximum atomic E-state index is 11.3. The largest absolute Gasteiger partial charge is 0.478 e. The van der Waals surface area contributed by atoms with Crippen molar-refractivity contribution >= 4 is 22.6 Å². The molecule has 0 aliphatic carbocycles. The summed E-state index contributed by atoms with van der Waals surface area (Å²) in [7, 11) is 0. The number of carbonyl (C=O) groups is 1. The molecule has 0 bridgehead atoms. The number of nitrogens with one attached hydrogen (secondary N) is 1. The van der Waals surface area contributed by atoms with Gasteiger partial charge in [-0.2, -0.15) is 5.10 Å². The Balaban J connectivity index is 1.73. The van der Waals surface area contributed by atoms with E-state index < -0.39 is 5.97 Å². The highest BCUT2D eigenvalue weighted by molar-refractivity contribution is 5.97. The Kier molecular flexibility index (Phi) is 3.47. The zero-order chi connectivity index (χ0) is 18.4. The maximum Gasteiger partial charge on any atom is 0.335 e. The van der Waals surface area contributed by atoms with Crippen LogP contribution in [0.15, 0.2) is 66.7 Å². The van der Waals surface area contributed by atoms with Crippen LogP contribution < -0.4 is 5.32 Å². The predicted molar refractivity (Wildman–Crippen MR) is 106 cm³/mol. The van der Waals surface area contributed by atoms with Crippen LogP contribution in [0.1, 0.15) is 15.9 Å². The molecule has 2 N–H and O–H groups in total. The van der Waals surface area contributed by atoms with Gasteiger partial charge in [-0.05, 0) is 35.4 Å². The fourth-order valence-corrected chi connectivity index (χ4v) is 3.78. The van der Waals surface area contributed by atoms with Gasteiger partial charge < -0.3 is 10.4 Å². The zero-order valence-electron chi connectivity index (χ0n) is 14.5. The molecule has 0 fully saturated rings. The standard InChI is InChI=1S/C22H17N3O2/c26-22(27)15-7-3-8-16(13-15)25-21-19(11-12-23-21)20(24-25)18-10-4-6-14-5-1-2-9-17(14)18/h1-10,13,23H,11-12H2,(H,26,27). The van der Waals surface area contributed by atoms with Crippen molar-refractivity contribution in [1.82, 2.24) is 9.78 Å². The first kappa shape index (κ1) is 15.6. The highest BCUT2D eigenvalue weighted by Gasteiger charge is 2.25. The van der Waals surface area contributed by atoms with Gasteiger partial charge in [-0.3, -0.25) is 0 Å². The number of benzene rings is 3. The van der Waals surface area contributed by atoms with E-state index in [0.29, 0.717) is 0 Å². The number of nitrogens with zero attached hydrogens (tertiary/aromatic N) is 2. The summed E-state index contributed by atoms with van der Waals surface area (Å²) in [4.78, 5) is 11.3. The minimum absolute atomic E-state index is 0.251. The van der Waals surface area contributed by atoms with Crippen molar-refractivity contribution in [3.05, 3.63) is 77.9 Å². The first-order chi connectivity index (χ1) is 13.2. The molecule has 27 heavy (non-hydrogen) atoms. The maximum absolute atomic E-state index is 11.3. The van der Waals surface area contributed by atoms with Crippen LogP contribution in [0.25, 0.3) is 27.7 Å². The van der Waals surface area contributed by atoms with Crippen LogP contribution in [0, 0.1) is 0 Å². The molecule has 0 saturated heterocycles. The van der Waals surface area contributed by atoms with Gasteiger partial charge in [0.05, 0.1) is 16.9 Å². The van der Waals surface area contributed by atoms with Gasteiger partial charge in [-0.25, -0.2) is 9.48 Å². The molecule has 5 rings (SSSR count). The Hall–Kier alpha value is -3.60. The molecule has 0 saturated carbocycles. The Morgan fingerprint density at radius 2 is 1.85 bits per heavy atom. The fraction of sp³-hybridized carbons (Fsp3) is 0.0909. The molecule has 0 spiro atoms. The smallest absolute Gasteiger partial charge is 0.335 e. The van der Waals surface area contributed by atoms with E-state index >= 15 is 0 Å². The monoisotopic (exact) mass is 355 g/mol. The topological polar surface area (TPSA) is 67.1 Å². The van der Waals surface area contributed by atoms with Gasteiger partial charge in [0.15, 0.2) is 0 Å². The van der Waals surface area contributed by atoms with Gasteiger partial charge >= 0.3 is 5.97 Å². The average Bonchev–Trinajstić information content (AvgIpc) is 3.30. The van der Waals surface area contributed by atoms with Crippen LogP contribution in [0.5, 0.6) is 0 Å². The molecular weight excluding hydrogens is 338 g/mol. The molecule has 1 aliphatic heterocycles. The van der Waals surface area contributed by atoms with Crippen LogP contribution in [0.3, 0.4) is 0 Å². The summed E-state index contributed by atoms with van der Waals surface area (Å²) in [5, 5.41) is 19.9. The second-order valence-electron chi connectivity index (χ2n) is 6.65. The molecule has 1 aliphatic rings. The van der Waals surface area contributed by atoms with Gasteiger partial charge in [-0.15, -0.1) is 0 Å². The summed E-state index contributed by atoms with van der Waals surface area (Å²) in [6, 6.07) is 21.4. The van der Waals surface area contributed by atoms with E-state index in [4.69, 9.17) is 5.10 Å². The summed E-state index contributed by atoms with van der Waals surface area (Å²) in [5.41, 5.74) is 4.22. The normalized spacial score (nSPS) is 12.7. The fourth-order valence-electron chi connectivity index (χ4n) is 3.78. The predicted octanol–water partition coefficient (Wildman–Crippen LogP) is 4.36. The number of anilines is 1. The lowest BCUT2D eigenvalue weighted by Gasteiger charge is -2.08. The Labute approximate surface area is 155 Å². The molecule has 2 heterocycles. The molecule has 0 unspecified atom stereocenters. The second-order valence-corrected chi connectivity index (χ2v) is 6.65. The van der Waals surface area contributed by atoms with E-state index in [0.717, 1.165) is 35.7 Å². The third-order valence-electron chi connectivity index (χ3n) is 5.03. The molecule has 5 nitrogen and oxygen atoms in total. The summed E-state index contributed by atoms with van der Waals surface area (Å²) in [6.07, 6.45) is 0.895. The summed E-state index contributed by atoms with van der Waals surface area (Å²) in [5.74, 6) is 0.00311. The molecule has 0 radical (unpaired) electrons. The summed E-state index contributed by atoms with van der Waals surface area (Å²) < 4.78 is 1.83. The first-order valence-corrected chi connectivity index (χ1v) is 8.90. The van der Waals surface area contributed by atoms with Crippen molar-refractivity contribution in [2.45, 2.75) is 6.42 Å². The molecule has 0 amide bonds. The quantitative estimate of drug-likeness (QED) is 0.573. The molecular formula is C22H17N3O2. The number of hydrogen-bond donors (Lipinski definition) is 2. The van der Waals surface area contributed by atoms with Crippen molar-refractivity contribution in [2.24, 2.45) is 0 Å². The van der Waals surface area contributed by atoms with Crippen molar-refractivity contribution in [3.8, 4) is 16.9 Å². The van der Waals surface area contributed by atoms with Crippen LogP contribution >= 0.6 is 0 Å². The first-order valence-electron chi connectivity index (χ1n) is 8.90. The minimum Gasteiger partial charge on any atom is -0.478 e. The molecule has 132 valence electrons. The van der Waals surface area contributed by atoms with Crippen LogP contribution in [0.4, 0.5) is 5.82 Å². The van der Waals surface area contributed by atoms with Gasteiger partial charge in [0.25, 0.3) is 0 Å². The molecule has 0 atom stereocenters. The van der Waals surface area contributed by atoms with E-state index in [1.807, 2.05) is 22.9 Å². The number of fused-ring (bicyclic) bond motifs is 2. The minimum atomic E-state index is -0.942. The van der Waals surface area contributed by atoms with Gasteiger partial charge in [0.2, 0.25) is 0 Å². The van der Waals surface area contributed by atoms with E-state index in [-0.39, 0.29) is 5.56 Å². The van der Waals surface area contributed by atoms with E-state index in [1.165, 1.54) is 16.3 Å². The molecule has 1 aromatic heterocycles. The van der Waals surface area contributed by atoms with Crippen LogP contribution in [-0.2, 0) is 6.42 Å². The zero-order valence-corrected chi connectivity index (χ0v) is 14.5.